The molecule has 2 N–H and O–H groups in total. The average Bonchev–Trinajstić information content (AvgIpc) is 2.76. The molecule has 7 heteroatoms. The number of aliphatic imine (C=N–C) groups is 1. The third-order valence-corrected chi connectivity index (χ3v) is 5.40. The van der Waals surface area contributed by atoms with Crippen LogP contribution in [0.25, 0.3) is 0 Å². The fraction of sp³-hybridized carbons (Fsp3) is 0.364. The van der Waals surface area contributed by atoms with Crippen LogP contribution in [-0.4, -0.2) is 57.0 Å². The number of anilines is 1. The van der Waals surface area contributed by atoms with E-state index in [4.69, 9.17) is 11.6 Å². The predicted molar refractivity (Wildman–Crippen MR) is 120 cm³/mol. The first kappa shape index (κ1) is 21.0. The number of piperazine rings is 1. The normalized spacial score (nSPS) is 14.7. The maximum Gasteiger partial charge on any atom is 0.251 e. The molecule has 0 radical (unpaired) electrons. The van der Waals surface area contributed by atoms with Crippen molar-refractivity contribution >= 4 is 29.2 Å². The number of nitrogens with zero attached hydrogens (tertiary/aromatic N) is 3. The van der Waals surface area contributed by atoms with Gasteiger partial charge < -0.3 is 20.4 Å². The molecule has 3 rings (SSSR count). The van der Waals surface area contributed by atoms with Gasteiger partial charge in [0.25, 0.3) is 5.91 Å². The van der Waals surface area contributed by atoms with E-state index in [0.717, 1.165) is 42.7 Å². The summed E-state index contributed by atoms with van der Waals surface area (Å²) in [7, 11) is 3.44. The number of hydrogen-bond donors (Lipinski definition) is 2. The SMILES string of the molecule is CN=C(NCc1cccc(C(=O)NC)c1)N1CCN(c2cc(Cl)ccc2C)CC1. The van der Waals surface area contributed by atoms with E-state index in [-0.39, 0.29) is 5.91 Å². The topological polar surface area (TPSA) is 60.0 Å². The van der Waals surface area contributed by atoms with Crippen molar-refractivity contribution in [3.05, 3.63) is 64.2 Å². The maximum absolute atomic E-state index is 11.8. The average molecular weight is 414 g/mol. The number of benzene rings is 2. The first-order valence-corrected chi connectivity index (χ1v) is 10.2. The van der Waals surface area contributed by atoms with Crippen LogP contribution in [-0.2, 0) is 6.54 Å². The summed E-state index contributed by atoms with van der Waals surface area (Å²) in [6.45, 7) is 6.31. The van der Waals surface area contributed by atoms with Gasteiger partial charge >= 0.3 is 0 Å². The highest BCUT2D eigenvalue weighted by molar-refractivity contribution is 6.30. The van der Waals surface area contributed by atoms with Gasteiger partial charge in [-0.3, -0.25) is 9.79 Å². The molecule has 0 aliphatic carbocycles. The molecule has 1 amide bonds. The lowest BCUT2D eigenvalue weighted by molar-refractivity contribution is 0.0963. The second kappa shape index (κ2) is 9.65. The minimum Gasteiger partial charge on any atom is -0.368 e. The lowest BCUT2D eigenvalue weighted by atomic mass is 10.1. The standard InChI is InChI=1S/C22H28ClN5O/c1-16-7-8-19(23)14-20(16)27-9-11-28(12-10-27)22(25-3)26-15-17-5-4-6-18(13-17)21(29)24-2/h4-8,13-14H,9-12,15H2,1-3H3,(H,24,29)(H,25,26). The smallest absolute Gasteiger partial charge is 0.251 e. The van der Waals surface area contributed by atoms with Gasteiger partial charge in [0.05, 0.1) is 0 Å². The zero-order valence-corrected chi connectivity index (χ0v) is 18.0. The minimum absolute atomic E-state index is 0.0799. The number of guanidine groups is 1. The number of halogens is 1. The quantitative estimate of drug-likeness (QED) is 0.597. The summed E-state index contributed by atoms with van der Waals surface area (Å²) in [6, 6.07) is 13.7. The molecule has 1 fully saturated rings. The Morgan fingerprint density at radius 2 is 1.90 bits per heavy atom. The van der Waals surface area contributed by atoms with Crippen LogP contribution in [0.15, 0.2) is 47.5 Å². The Bertz CT molecular complexity index is 891. The minimum atomic E-state index is -0.0799. The van der Waals surface area contributed by atoms with Crippen molar-refractivity contribution in [3.63, 3.8) is 0 Å². The number of hydrogen-bond acceptors (Lipinski definition) is 3. The molecule has 1 saturated heterocycles. The molecule has 154 valence electrons. The predicted octanol–water partition coefficient (Wildman–Crippen LogP) is 2.91. The van der Waals surface area contributed by atoms with E-state index < -0.39 is 0 Å². The van der Waals surface area contributed by atoms with Crippen LogP contribution in [0.5, 0.6) is 0 Å². The van der Waals surface area contributed by atoms with Crippen LogP contribution < -0.4 is 15.5 Å². The Morgan fingerprint density at radius 1 is 1.14 bits per heavy atom. The van der Waals surface area contributed by atoms with Crippen LogP contribution in [0.1, 0.15) is 21.5 Å². The van der Waals surface area contributed by atoms with E-state index in [1.54, 1.807) is 14.1 Å². The van der Waals surface area contributed by atoms with Crippen molar-refractivity contribution in [3.8, 4) is 0 Å². The number of amides is 1. The van der Waals surface area contributed by atoms with E-state index >= 15 is 0 Å². The first-order chi connectivity index (χ1) is 14.0. The van der Waals surface area contributed by atoms with Crippen LogP contribution in [0.2, 0.25) is 5.02 Å². The highest BCUT2D eigenvalue weighted by atomic mass is 35.5. The molecule has 0 saturated carbocycles. The number of nitrogens with one attached hydrogen (secondary N) is 2. The van der Waals surface area contributed by atoms with Gasteiger partial charge in [-0.05, 0) is 42.3 Å². The van der Waals surface area contributed by atoms with Gasteiger partial charge in [0.1, 0.15) is 0 Å². The number of carbonyl (C=O) groups is 1. The Hall–Kier alpha value is -2.73. The molecular formula is C22H28ClN5O. The summed E-state index contributed by atoms with van der Waals surface area (Å²) < 4.78 is 0. The van der Waals surface area contributed by atoms with Crippen molar-refractivity contribution < 1.29 is 4.79 Å². The third-order valence-electron chi connectivity index (χ3n) is 5.17. The highest BCUT2D eigenvalue weighted by Crippen LogP contribution is 2.25. The Kier molecular flexibility index (Phi) is 6.99. The van der Waals surface area contributed by atoms with Crippen molar-refractivity contribution in [2.24, 2.45) is 4.99 Å². The summed E-state index contributed by atoms with van der Waals surface area (Å²) in [5.41, 5.74) is 4.14. The van der Waals surface area contributed by atoms with Crippen LogP contribution in [0.4, 0.5) is 5.69 Å². The summed E-state index contributed by atoms with van der Waals surface area (Å²) in [6.07, 6.45) is 0. The molecule has 1 aliphatic rings. The zero-order chi connectivity index (χ0) is 20.8. The number of aryl methyl sites for hydroxylation is 1. The molecule has 1 aliphatic heterocycles. The van der Waals surface area contributed by atoms with Gasteiger partial charge in [0.2, 0.25) is 0 Å². The maximum atomic E-state index is 11.8. The molecule has 0 unspecified atom stereocenters. The zero-order valence-electron chi connectivity index (χ0n) is 17.2. The van der Waals surface area contributed by atoms with Gasteiger partial charge in [0.15, 0.2) is 5.96 Å². The molecule has 0 bridgehead atoms. The molecule has 2 aromatic carbocycles. The van der Waals surface area contributed by atoms with Crippen molar-refractivity contribution in [2.75, 3.05) is 45.2 Å². The van der Waals surface area contributed by atoms with Crippen molar-refractivity contribution in [1.82, 2.24) is 15.5 Å². The van der Waals surface area contributed by atoms with Gasteiger partial charge in [-0.25, -0.2) is 0 Å². The van der Waals surface area contributed by atoms with Crippen LogP contribution in [0, 0.1) is 6.92 Å². The molecule has 1 heterocycles. The summed E-state index contributed by atoms with van der Waals surface area (Å²) in [5.74, 6) is 0.793. The van der Waals surface area contributed by atoms with E-state index in [0.29, 0.717) is 12.1 Å². The van der Waals surface area contributed by atoms with Crippen molar-refractivity contribution in [2.45, 2.75) is 13.5 Å². The molecule has 0 atom stereocenters. The molecular weight excluding hydrogens is 386 g/mol. The van der Waals surface area contributed by atoms with Gasteiger partial charge in [-0.1, -0.05) is 29.8 Å². The van der Waals surface area contributed by atoms with E-state index in [1.807, 2.05) is 36.4 Å². The Morgan fingerprint density at radius 3 is 2.59 bits per heavy atom. The number of rotatable bonds is 4. The fourth-order valence-corrected chi connectivity index (χ4v) is 3.73. The van der Waals surface area contributed by atoms with E-state index in [9.17, 15) is 4.79 Å². The second-order valence-corrected chi connectivity index (χ2v) is 7.52. The molecule has 0 aromatic heterocycles. The number of carbonyl (C=O) groups excluding carboxylic acids is 1. The Labute approximate surface area is 177 Å². The first-order valence-electron chi connectivity index (χ1n) is 9.79. The molecule has 0 spiro atoms. The second-order valence-electron chi connectivity index (χ2n) is 7.09. The van der Waals surface area contributed by atoms with Crippen molar-refractivity contribution in [1.29, 1.82) is 0 Å². The van der Waals surface area contributed by atoms with E-state index in [2.05, 4.69) is 38.4 Å². The molecule has 29 heavy (non-hydrogen) atoms. The van der Waals surface area contributed by atoms with Crippen LogP contribution in [0.3, 0.4) is 0 Å². The lowest BCUT2D eigenvalue weighted by Crippen LogP contribution is -2.52. The summed E-state index contributed by atoms with van der Waals surface area (Å²) >= 11 is 6.19. The van der Waals surface area contributed by atoms with Gasteiger partial charge in [0, 0.05) is 63.1 Å². The lowest BCUT2D eigenvalue weighted by Gasteiger charge is -2.38. The monoisotopic (exact) mass is 413 g/mol. The van der Waals surface area contributed by atoms with Crippen LogP contribution >= 0.6 is 11.6 Å². The summed E-state index contributed by atoms with van der Waals surface area (Å²) in [5, 5.41) is 6.84. The summed E-state index contributed by atoms with van der Waals surface area (Å²) in [4.78, 5) is 20.9. The highest BCUT2D eigenvalue weighted by Gasteiger charge is 2.21. The van der Waals surface area contributed by atoms with E-state index in [1.165, 1.54) is 11.3 Å². The fourth-order valence-electron chi connectivity index (χ4n) is 3.56. The van der Waals surface area contributed by atoms with Gasteiger partial charge in [-0.2, -0.15) is 0 Å². The van der Waals surface area contributed by atoms with Gasteiger partial charge in [-0.15, -0.1) is 0 Å². The Balaban J connectivity index is 1.58. The molecule has 6 nitrogen and oxygen atoms in total. The molecule has 2 aromatic rings. The third kappa shape index (κ3) is 5.21. The largest absolute Gasteiger partial charge is 0.368 e.